The van der Waals surface area contributed by atoms with Crippen LogP contribution < -0.4 is 10.9 Å². The van der Waals surface area contributed by atoms with Gasteiger partial charge in [0.25, 0.3) is 5.56 Å². The quantitative estimate of drug-likeness (QED) is 0.388. The summed E-state index contributed by atoms with van der Waals surface area (Å²) in [6, 6.07) is 2.32. The number of carbonyl (C=O) groups is 1. The lowest BCUT2D eigenvalue weighted by Crippen LogP contribution is -2.36. The summed E-state index contributed by atoms with van der Waals surface area (Å²) < 4.78 is 80.0. The summed E-state index contributed by atoms with van der Waals surface area (Å²) in [6.07, 6.45) is -3.36. The summed E-state index contributed by atoms with van der Waals surface area (Å²) in [6.45, 7) is 1.40. The normalized spacial score (nSPS) is 17.8. The number of halogens is 6. The molecule has 4 aromatic heterocycles. The third-order valence-corrected chi connectivity index (χ3v) is 6.24. The van der Waals surface area contributed by atoms with E-state index in [-0.39, 0.29) is 39.5 Å². The SMILES string of the molecule is CC1(c2cncc(F)c2)C(=O)Nc2nc(-c3cc(CCC(F)(F)C(F)(F)F)c4ncnn4c3)[nH]c(=O)c21. The number of pyridine rings is 2. The first-order chi connectivity index (χ1) is 17.3. The van der Waals surface area contributed by atoms with Crippen LogP contribution in [0.3, 0.4) is 0 Å². The molecule has 0 saturated heterocycles. The number of amides is 1. The molecule has 1 aliphatic heterocycles. The predicted octanol–water partition coefficient (Wildman–Crippen LogP) is 3.40. The number of carbonyl (C=O) groups excluding carboxylic acids is 1. The van der Waals surface area contributed by atoms with Crippen LogP contribution in [0, 0.1) is 5.82 Å². The van der Waals surface area contributed by atoms with E-state index in [1.54, 1.807) is 0 Å². The average molecular weight is 523 g/mol. The number of anilines is 1. The highest BCUT2D eigenvalue weighted by atomic mass is 19.4. The van der Waals surface area contributed by atoms with Gasteiger partial charge in [0.15, 0.2) is 5.65 Å². The molecule has 0 aromatic carbocycles. The van der Waals surface area contributed by atoms with Gasteiger partial charge in [0, 0.05) is 24.4 Å². The van der Waals surface area contributed by atoms with Crippen LogP contribution in [0.2, 0.25) is 0 Å². The third kappa shape index (κ3) is 3.90. The van der Waals surface area contributed by atoms with Crippen LogP contribution in [0.5, 0.6) is 0 Å². The van der Waals surface area contributed by atoms with E-state index in [0.717, 1.165) is 23.1 Å². The van der Waals surface area contributed by atoms with E-state index < -0.39 is 47.6 Å². The molecule has 9 nitrogen and oxygen atoms in total. The molecular formula is C22H15F6N7O2. The van der Waals surface area contributed by atoms with E-state index in [2.05, 4.69) is 30.4 Å². The lowest BCUT2D eigenvalue weighted by Gasteiger charge is -2.21. The van der Waals surface area contributed by atoms with Crippen LogP contribution >= 0.6 is 0 Å². The molecule has 15 heteroatoms. The topological polar surface area (TPSA) is 118 Å². The Labute approximate surface area is 202 Å². The van der Waals surface area contributed by atoms with Crippen molar-refractivity contribution < 1.29 is 31.1 Å². The number of rotatable bonds is 5. The van der Waals surface area contributed by atoms with E-state index in [0.29, 0.717) is 0 Å². The van der Waals surface area contributed by atoms with Crippen LogP contribution in [-0.2, 0) is 16.6 Å². The maximum atomic E-state index is 13.8. The van der Waals surface area contributed by atoms with E-state index >= 15 is 0 Å². The molecule has 5 rings (SSSR count). The molecule has 1 unspecified atom stereocenters. The molecule has 0 spiro atoms. The Hall–Kier alpha value is -4.30. The Morgan fingerprint density at radius 2 is 1.86 bits per heavy atom. The molecule has 2 N–H and O–H groups in total. The molecule has 0 aliphatic carbocycles. The number of nitrogens with one attached hydrogen (secondary N) is 2. The summed E-state index contributed by atoms with van der Waals surface area (Å²) in [4.78, 5) is 40.4. The highest BCUT2D eigenvalue weighted by Crippen LogP contribution is 2.41. The maximum Gasteiger partial charge on any atom is 0.453 e. The van der Waals surface area contributed by atoms with Crippen LogP contribution in [0.4, 0.5) is 32.2 Å². The first kappa shape index (κ1) is 24.4. The van der Waals surface area contributed by atoms with Crippen molar-refractivity contribution in [3.05, 3.63) is 69.9 Å². The molecule has 0 saturated carbocycles. The van der Waals surface area contributed by atoms with Gasteiger partial charge in [0.1, 0.15) is 29.2 Å². The molecule has 4 aromatic rings. The minimum atomic E-state index is -5.72. The number of hydrogen-bond donors (Lipinski definition) is 2. The van der Waals surface area contributed by atoms with Gasteiger partial charge in [-0.3, -0.25) is 14.6 Å². The van der Waals surface area contributed by atoms with Crippen molar-refractivity contribution in [2.24, 2.45) is 0 Å². The zero-order valence-electron chi connectivity index (χ0n) is 18.7. The first-order valence-electron chi connectivity index (χ1n) is 10.7. The van der Waals surface area contributed by atoms with Crippen molar-refractivity contribution in [2.75, 3.05) is 5.32 Å². The number of hydrogen-bond acceptors (Lipinski definition) is 6. The summed E-state index contributed by atoms with van der Waals surface area (Å²) in [5, 5.41) is 6.39. The molecule has 1 aliphatic rings. The second-order valence-electron chi connectivity index (χ2n) is 8.59. The Morgan fingerprint density at radius 1 is 1.11 bits per heavy atom. The molecule has 192 valence electrons. The molecule has 1 amide bonds. The number of fused-ring (bicyclic) bond motifs is 2. The number of aryl methyl sites for hydroxylation is 1. The van der Waals surface area contributed by atoms with Crippen molar-refractivity contribution in [2.45, 2.75) is 37.3 Å². The fourth-order valence-electron chi connectivity index (χ4n) is 4.21. The van der Waals surface area contributed by atoms with Crippen molar-refractivity contribution in [1.29, 1.82) is 0 Å². The van der Waals surface area contributed by atoms with Gasteiger partial charge in [-0.15, -0.1) is 0 Å². The number of aromatic amines is 1. The van der Waals surface area contributed by atoms with Gasteiger partial charge in [-0.05, 0) is 36.6 Å². The zero-order chi connectivity index (χ0) is 26.8. The predicted molar refractivity (Wildman–Crippen MR) is 115 cm³/mol. The molecule has 0 fully saturated rings. The zero-order valence-corrected chi connectivity index (χ0v) is 18.7. The van der Waals surface area contributed by atoms with Gasteiger partial charge < -0.3 is 10.3 Å². The van der Waals surface area contributed by atoms with Gasteiger partial charge in [-0.2, -0.15) is 27.1 Å². The summed E-state index contributed by atoms with van der Waals surface area (Å²) in [7, 11) is 0. The van der Waals surface area contributed by atoms with Crippen molar-refractivity contribution in [1.82, 2.24) is 29.5 Å². The van der Waals surface area contributed by atoms with Crippen molar-refractivity contribution >= 4 is 17.4 Å². The molecule has 1 atom stereocenters. The number of alkyl halides is 5. The second kappa shape index (κ2) is 8.11. The lowest BCUT2D eigenvalue weighted by atomic mass is 9.79. The highest BCUT2D eigenvalue weighted by Gasteiger charge is 2.56. The second-order valence-corrected chi connectivity index (χ2v) is 8.59. The Balaban J connectivity index is 1.58. The number of nitrogens with zero attached hydrogens (tertiary/aromatic N) is 5. The highest BCUT2D eigenvalue weighted by molar-refractivity contribution is 6.07. The minimum Gasteiger partial charge on any atom is -0.309 e. The molecule has 5 heterocycles. The Bertz CT molecular complexity index is 1610. The van der Waals surface area contributed by atoms with Gasteiger partial charge in [-0.25, -0.2) is 18.9 Å². The number of aromatic nitrogens is 6. The van der Waals surface area contributed by atoms with Crippen LogP contribution in [-0.4, -0.2) is 47.6 Å². The molecule has 0 bridgehead atoms. The molecule has 37 heavy (non-hydrogen) atoms. The monoisotopic (exact) mass is 523 g/mol. The van der Waals surface area contributed by atoms with Crippen molar-refractivity contribution in [3.8, 4) is 11.4 Å². The van der Waals surface area contributed by atoms with Crippen LogP contribution in [0.15, 0.2) is 41.8 Å². The van der Waals surface area contributed by atoms with Gasteiger partial charge in [0.05, 0.1) is 11.8 Å². The van der Waals surface area contributed by atoms with Gasteiger partial charge in [-0.1, -0.05) is 0 Å². The van der Waals surface area contributed by atoms with E-state index in [4.69, 9.17) is 0 Å². The van der Waals surface area contributed by atoms with Crippen molar-refractivity contribution in [3.63, 3.8) is 0 Å². The van der Waals surface area contributed by atoms with Crippen LogP contribution in [0.25, 0.3) is 17.0 Å². The molecule has 0 radical (unpaired) electrons. The minimum absolute atomic E-state index is 0.00165. The largest absolute Gasteiger partial charge is 0.453 e. The van der Waals surface area contributed by atoms with E-state index in [1.165, 1.54) is 25.4 Å². The Morgan fingerprint density at radius 3 is 2.57 bits per heavy atom. The maximum absolute atomic E-state index is 13.8. The van der Waals surface area contributed by atoms with E-state index in [9.17, 15) is 35.9 Å². The summed E-state index contributed by atoms with van der Waals surface area (Å²) in [5.41, 5.74) is -2.20. The van der Waals surface area contributed by atoms with E-state index in [1.807, 2.05) is 0 Å². The summed E-state index contributed by atoms with van der Waals surface area (Å²) in [5.74, 6) is -6.55. The summed E-state index contributed by atoms with van der Waals surface area (Å²) >= 11 is 0. The van der Waals surface area contributed by atoms with Crippen LogP contribution in [0.1, 0.15) is 30.0 Å². The standard InChI is InChI=1S/C22H15F6N7O2/c1-20(12-5-13(23)7-29-6-12)14-16(34-19(20)37)32-15(33-18(14)36)11-4-10(17-30-9-31-35(17)8-11)2-3-21(24,25)22(26,27)28/h4-9H,2-3H2,1H3,(H2,32,33,34,36,37). The smallest absolute Gasteiger partial charge is 0.309 e. The first-order valence-corrected chi connectivity index (χ1v) is 10.7. The average Bonchev–Trinajstić information content (AvgIpc) is 3.39. The fourth-order valence-corrected chi connectivity index (χ4v) is 4.21. The van der Waals surface area contributed by atoms with Gasteiger partial charge >= 0.3 is 12.1 Å². The van der Waals surface area contributed by atoms with Gasteiger partial charge in [0.2, 0.25) is 5.91 Å². The fraction of sp³-hybridized carbons (Fsp3) is 0.273. The Kier molecular flexibility index (Phi) is 5.35. The third-order valence-electron chi connectivity index (χ3n) is 6.24. The molecular weight excluding hydrogens is 508 g/mol. The lowest BCUT2D eigenvalue weighted by molar-refractivity contribution is -0.284. The number of H-pyrrole nitrogens is 1.